The largest absolute Gasteiger partial charge is 0.493 e. The van der Waals surface area contributed by atoms with Crippen molar-refractivity contribution in [1.82, 2.24) is 4.57 Å². The average Bonchev–Trinajstić information content (AvgIpc) is 2.62. The summed E-state index contributed by atoms with van der Waals surface area (Å²) in [5.74, 6) is 1.20. The van der Waals surface area contributed by atoms with Gasteiger partial charge in [-0.05, 0) is 6.92 Å². The highest BCUT2D eigenvalue weighted by Gasteiger charge is 2.15. The Labute approximate surface area is 151 Å². The van der Waals surface area contributed by atoms with Crippen molar-refractivity contribution in [3.8, 4) is 23.0 Å². The average molecular weight is 362 g/mol. The first-order chi connectivity index (χ1) is 12.4. The smallest absolute Gasteiger partial charge is 0.244 e. The molecular formula is C18H22N2O6. The van der Waals surface area contributed by atoms with E-state index in [-0.39, 0.29) is 23.6 Å². The highest BCUT2D eigenvalue weighted by Crippen LogP contribution is 2.39. The number of carbonyl (C=O) groups excluding carboxylic acids is 1. The zero-order valence-electron chi connectivity index (χ0n) is 15.4. The molecule has 0 saturated carbocycles. The Morgan fingerprint density at radius 1 is 0.962 bits per heavy atom. The zero-order valence-corrected chi connectivity index (χ0v) is 15.4. The summed E-state index contributed by atoms with van der Waals surface area (Å²) in [5.41, 5.74) is 0.914. The summed E-state index contributed by atoms with van der Waals surface area (Å²) in [5, 5.41) is 2.78. The maximum Gasteiger partial charge on any atom is 0.244 e. The standard InChI is InChI=1S/C18H22N2O6/c1-11-6-13(21)16(25-4)9-20(11)10-17(22)19-12-7-14(23-2)18(26-5)15(8-12)24-3/h6-9H,10H2,1-5H3,(H,19,22). The van der Waals surface area contributed by atoms with Crippen LogP contribution in [0, 0.1) is 6.92 Å². The molecule has 0 spiro atoms. The molecule has 0 aliphatic heterocycles. The topological polar surface area (TPSA) is 88.0 Å². The van der Waals surface area contributed by atoms with Crippen molar-refractivity contribution in [2.24, 2.45) is 0 Å². The molecule has 1 amide bonds. The number of ether oxygens (including phenoxy) is 4. The van der Waals surface area contributed by atoms with Gasteiger partial charge in [0.15, 0.2) is 17.2 Å². The van der Waals surface area contributed by atoms with Gasteiger partial charge >= 0.3 is 0 Å². The van der Waals surface area contributed by atoms with Gasteiger partial charge in [0.2, 0.25) is 17.1 Å². The van der Waals surface area contributed by atoms with Crippen molar-refractivity contribution in [3.05, 3.63) is 40.3 Å². The highest BCUT2D eigenvalue weighted by molar-refractivity contribution is 5.91. The van der Waals surface area contributed by atoms with Crippen molar-refractivity contribution >= 4 is 11.6 Å². The predicted molar refractivity (Wildman–Crippen MR) is 96.7 cm³/mol. The minimum Gasteiger partial charge on any atom is -0.493 e. The number of hydrogen-bond donors (Lipinski definition) is 1. The van der Waals surface area contributed by atoms with Crippen LogP contribution in [0.5, 0.6) is 23.0 Å². The molecule has 0 unspecified atom stereocenters. The molecule has 8 heteroatoms. The summed E-state index contributed by atoms with van der Waals surface area (Å²) in [6.45, 7) is 1.76. The van der Waals surface area contributed by atoms with E-state index in [1.165, 1.54) is 40.7 Å². The normalized spacial score (nSPS) is 10.2. The quantitative estimate of drug-likeness (QED) is 0.808. The maximum atomic E-state index is 12.4. The van der Waals surface area contributed by atoms with Gasteiger partial charge in [-0.1, -0.05) is 0 Å². The molecule has 0 radical (unpaired) electrons. The zero-order chi connectivity index (χ0) is 19.3. The monoisotopic (exact) mass is 362 g/mol. The second kappa shape index (κ2) is 8.28. The number of anilines is 1. The molecule has 2 rings (SSSR count). The van der Waals surface area contributed by atoms with Gasteiger partial charge in [0.25, 0.3) is 0 Å². The van der Waals surface area contributed by atoms with Gasteiger partial charge in [-0.25, -0.2) is 0 Å². The highest BCUT2D eigenvalue weighted by atomic mass is 16.5. The molecular weight excluding hydrogens is 340 g/mol. The lowest BCUT2D eigenvalue weighted by atomic mass is 10.2. The van der Waals surface area contributed by atoms with E-state index in [4.69, 9.17) is 18.9 Å². The first-order valence-electron chi connectivity index (χ1n) is 7.78. The first kappa shape index (κ1) is 19.2. The number of amides is 1. The molecule has 26 heavy (non-hydrogen) atoms. The van der Waals surface area contributed by atoms with Crippen molar-refractivity contribution < 1.29 is 23.7 Å². The molecule has 140 valence electrons. The molecule has 0 atom stereocenters. The number of aromatic nitrogens is 1. The van der Waals surface area contributed by atoms with Crippen molar-refractivity contribution in [3.63, 3.8) is 0 Å². The van der Waals surface area contributed by atoms with Crippen molar-refractivity contribution in [2.45, 2.75) is 13.5 Å². The Kier molecular flexibility index (Phi) is 6.11. The van der Waals surface area contributed by atoms with Gasteiger partial charge in [-0.15, -0.1) is 0 Å². The van der Waals surface area contributed by atoms with E-state index in [2.05, 4.69) is 5.32 Å². The van der Waals surface area contributed by atoms with E-state index in [0.717, 1.165) is 0 Å². The van der Waals surface area contributed by atoms with E-state index in [9.17, 15) is 9.59 Å². The number of pyridine rings is 1. The molecule has 0 aliphatic carbocycles. The number of aryl methyl sites for hydroxylation is 1. The van der Waals surface area contributed by atoms with E-state index >= 15 is 0 Å². The van der Waals surface area contributed by atoms with Crippen LogP contribution in [0.3, 0.4) is 0 Å². The molecule has 0 bridgehead atoms. The number of nitrogens with zero attached hydrogens (tertiary/aromatic N) is 1. The van der Waals surface area contributed by atoms with E-state index < -0.39 is 0 Å². The van der Waals surface area contributed by atoms with E-state index in [0.29, 0.717) is 28.6 Å². The van der Waals surface area contributed by atoms with Crippen LogP contribution in [-0.4, -0.2) is 38.9 Å². The van der Waals surface area contributed by atoms with Gasteiger partial charge in [-0.2, -0.15) is 0 Å². The molecule has 1 aromatic heterocycles. The second-order valence-corrected chi connectivity index (χ2v) is 5.44. The Balaban J connectivity index is 2.24. The summed E-state index contributed by atoms with van der Waals surface area (Å²) in [7, 11) is 5.91. The van der Waals surface area contributed by atoms with Crippen LogP contribution in [0.4, 0.5) is 5.69 Å². The number of nitrogens with one attached hydrogen (secondary N) is 1. The SMILES string of the molecule is COc1cc(NC(=O)Cn2cc(OC)c(=O)cc2C)cc(OC)c1OC. The van der Waals surface area contributed by atoms with E-state index in [1.807, 2.05) is 0 Å². The van der Waals surface area contributed by atoms with Gasteiger partial charge < -0.3 is 28.8 Å². The molecule has 1 N–H and O–H groups in total. The number of hydrogen-bond acceptors (Lipinski definition) is 6. The third-order valence-corrected chi connectivity index (χ3v) is 3.79. The summed E-state index contributed by atoms with van der Waals surface area (Å²) in [6, 6.07) is 4.70. The lowest BCUT2D eigenvalue weighted by Crippen LogP contribution is -2.22. The Hall–Kier alpha value is -3.16. The number of methoxy groups -OCH3 is 4. The summed E-state index contributed by atoms with van der Waals surface area (Å²) >= 11 is 0. The van der Waals surface area contributed by atoms with Crippen molar-refractivity contribution in [1.29, 1.82) is 0 Å². The Bertz CT molecular complexity index is 834. The number of carbonyl (C=O) groups is 1. The Morgan fingerprint density at radius 2 is 1.54 bits per heavy atom. The van der Waals surface area contributed by atoms with Crippen LogP contribution in [-0.2, 0) is 11.3 Å². The maximum absolute atomic E-state index is 12.4. The van der Waals surface area contributed by atoms with Crippen LogP contribution in [0.1, 0.15) is 5.69 Å². The molecule has 0 aliphatic rings. The molecule has 8 nitrogen and oxygen atoms in total. The van der Waals surface area contributed by atoms with Crippen molar-refractivity contribution in [2.75, 3.05) is 33.8 Å². The van der Waals surface area contributed by atoms with Crippen LogP contribution < -0.4 is 29.7 Å². The van der Waals surface area contributed by atoms with Gasteiger partial charge in [-0.3, -0.25) is 9.59 Å². The number of rotatable bonds is 7. The minimum absolute atomic E-state index is 0.0130. The molecule has 1 aromatic carbocycles. The fourth-order valence-electron chi connectivity index (χ4n) is 2.48. The summed E-state index contributed by atoms with van der Waals surface area (Å²) in [4.78, 5) is 24.1. The lowest BCUT2D eigenvalue weighted by Gasteiger charge is -2.15. The van der Waals surface area contributed by atoms with Gasteiger partial charge in [0.05, 0.1) is 34.6 Å². The van der Waals surface area contributed by atoms with E-state index in [1.54, 1.807) is 23.6 Å². The van der Waals surface area contributed by atoms with Crippen LogP contribution >= 0.6 is 0 Å². The van der Waals surface area contributed by atoms with Gasteiger partial charge in [0, 0.05) is 29.6 Å². The van der Waals surface area contributed by atoms with Crippen LogP contribution in [0.2, 0.25) is 0 Å². The molecule has 0 saturated heterocycles. The molecule has 2 aromatic rings. The lowest BCUT2D eigenvalue weighted by molar-refractivity contribution is -0.116. The number of benzene rings is 1. The van der Waals surface area contributed by atoms with Gasteiger partial charge in [0.1, 0.15) is 6.54 Å². The predicted octanol–water partition coefficient (Wildman–Crippen LogP) is 1.83. The molecule has 1 heterocycles. The fourth-order valence-corrected chi connectivity index (χ4v) is 2.48. The summed E-state index contributed by atoms with van der Waals surface area (Å²) < 4.78 is 22.4. The Morgan fingerprint density at radius 3 is 2.04 bits per heavy atom. The third kappa shape index (κ3) is 4.08. The minimum atomic E-state index is -0.284. The van der Waals surface area contributed by atoms with Crippen LogP contribution in [0.25, 0.3) is 0 Å². The third-order valence-electron chi connectivity index (χ3n) is 3.79. The first-order valence-corrected chi connectivity index (χ1v) is 7.78. The summed E-state index contributed by atoms with van der Waals surface area (Å²) in [6.07, 6.45) is 1.51. The second-order valence-electron chi connectivity index (χ2n) is 5.44. The fraction of sp³-hybridized carbons (Fsp3) is 0.333. The molecule has 0 fully saturated rings. The van der Waals surface area contributed by atoms with Crippen LogP contribution in [0.15, 0.2) is 29.2 Å².